The average molecular weight is 405 g/mol. The van der Waals surface area contributed by atoms with Gasteiger partial charge < -0.3 is 14.6 Å². The Morgan fingerprint density at radius 1 is 1.18 bits per heavy atom. The first kappa shape index (κ1) is 18.0. The number of carbonyl (C=O) groups is 1. The first-order valence-electron chi connectivity index (χ1n) is 9.99. The van der Waals surface area contributed by atoms with E-state index in [9.17, 15) is 14.7 Å². The molecule has 28 heavy (non-hydrogen) atoms. The third-order valence-electron chi connectivity index (χ3n) is 6.52. The number of aromatic carboxylic acids is 1. The minimum atomic E-state index is -1.30. The number of anilines is 1. The number of hydrogen-bond donors (Lipinski definition) is 1. The molecule has 2 aromatic rings. The van der Waals surface area contributed by atoms with E-state index in [1.807, 2.05) is 4.90 Å². The molecule has 2 heterocycles. The number of pyridine rings is 1. The SMILES string of the molecule is O=C(O)c1cn(C2CC2)c2c(Cl)c(N3C[C@H]4CCC[C@@H](C4)C3)c(F)cc2c1=O. The Morgan fingerprint density at radius 3 is 2.46 bits per heavy atom. The summed E-state index contributed by atoms with van der Waals surface area (Å²) in [4.78, 5) is 26.2. The Labute approximate surface area is 166 Å². The molecule has 0 radical (unpaired) electrons. The highest BCUT2D eigenvalue weighted by Crippen LogP contribution is 2.44. The molecule has 0 amide bonds. The number of halogens is 2. The van der Waals surface area contributed by atoms with Gasteiger partial charge in [0.2, 0.25) is 5.43 Å². The quantitative estimate of drug-likeness (QED) is 0.820. The van der Waals surface area contributed by atoms with Crippen molar-refractivity contribution >= 4 is 34.2 Å². The number of carboxylic acid groups (broad SMARTS) is 1. The first-order valence-corrected chi connectivity index (χ1v) is 10.4. The summed E-state index contributed by atoms with van der Waals surface area (Å²) >= 11 is 6.73. The van der Waals surface area contributed by atoms with Crippen molar-refractivity contribution in [2.75, 3.05) is 18.0 Å². The molecule has 0 spiro atoms. The van der Waals surface area contributed by atoms with Crippen LogP contribution in [0.4, 0.5) is 10.1 Å². The normalized spacial score (nSPS) is 24.6. The molecular formula is C21H22ClFN2O3. The molecule has 1 N–H and O–H groups in total. The van der Waals surface area contributed by atoms with Gasteiger partial charge in [-0.2, -0.15) is 0 Å². The third kappa shape index (κ3) is 2.81. The Kier molecular flexibility index (Phi) is 4.16. The van der Waals surface area contributed by atoms with Crippen LogP contribution in [-0.2, 0) is 0 Å². The van der Waals surface area contributed by atoms with Crippen LogP contribution in [0.15, 0.2) is 17.1 Å². The van der Waals surface area contributed by atoms with E-state index in [0.29, 0.717) is 23.0 Å². The highest BCUT2D eigenvalue weighted by atomic mass is 35.5. The molecule has 2 aliphatic carbocycles. The first-order chi connectivity index (χ1) is 13.4. The van der Waals surface area contributed by atoms with Gasteiger partial charge in [-0.1, -0.05) is 18.0 Å². The van der Waals surface area contributed by atoms with Gasteiger partial charge >= 0.3 is 5.97 Å². The summed E-state index contributed by atoms with van der Waals surface area (Å²) in [5.74, 6) is -0.734. The molecule has 2 atom stereocenters. The molecule has 1 aromatic carbocycles. The summed E-state index contributed by atoms with van der Waals surface area (Å²) < 4.78 is 17.0. The molecule has 0 unspecified atom stereocenters. The monoisotopic (exact) mass is 404 g/mol. The lowest BCUT2D eigenvalue weighted by molar-refractivity contribution is 0.0695. The summed E-state index contributed by atoms with van der Waals surface area (Å²) in [5.41, 5.74) is -0.189. The number of carboxylic acids is 1. The Bertz CT molecular complexity index is 1030. The minimum Gasteiger partial charge on any atom is -0.477 e. The largest absolute Gasteiger partial charge is 0.477 e. The predicted molar refractivity (Wildman–Crippen MR) is 106 cm³/mol. The van der Waals surface area contributed by atoms with Gasteiger partial charge in [0.05, 0.1) is 21.6 Å². The highest BCUT2D eigenvalue weighted by molar-refractivity contribution is 6.38. The van der Waals surface area contributed by atoms with Crippen molar-refractivity contribution in [3.63, 3.8) is 0 Å². The fourth-order valence-corrected chi connectivity index (χ4v) is 5.54. The van der Waals surface area contributed by atoms with Crippen LogP contribution >= 0.6 is 11.6 Å². The maximum absolute atomic E-state index is 15.2. The number of fused-ring (bicyclic) bond motifs is 3. The van der Waals surface area contributed by atoms with Crippen LogP contribution in [0, 0.1) is 17.7 Å². The lowest BCUT2D eigenvalue weighted by Crippen LogP contribution is -2.43. The molecule has 148 valence electrons. The average Bonchev–Trinajstić information content (AvgIpc) is 3.47. The second-order valence-electron chi connectivity index (χ2n) is 8.54. The van der Waals surface area contributed by atoms with E-state index < -0.39 is 17.2 Å². The van der Waals surface area contributed by atoms with Gasteiger partial charge in [0.25, 0.3) is 0 Å². The lowest BCUT2D eigenvalue weighted by Gasteiger charge is -2.43. The number of aromatic nitrogens is 1. The molecule has 7 heteroatoms. The van der Waals surface area contributed by atoms with Crippen molar-refractivity contribution in [2.24, 2.45) is 11.8 Å². The molecule has 2 bridgehead atoms. The second-order valence-corrected chi connectivity index (χ2v) is 8.91. The predicted octanol–water partition coefficient (Wildman–Crippen LogP) is 4.45. The van der Waals surface area contributed by atoms with Crippen LogP contribution in [-0.4, -0.2) is 28.7 Å². The fraction of sp³-hybridized carbons (Fsp3) is 0.524. The highest BCUT2D eigenvalue weighted by Gasteiger charge is 2.34. The van der Waals surface area contributed by atoms with Gasteiger partial charge in [0, 0.05) is 25.3 Å². The lowest BCUT2D eigenvalue weighted by atomic mass is 9.78. The van der Waals surface area contributed by atoms with Gasteiger partial charge in [0.1, 0.15) is 11.4 Å². The number of benzene rings is 1. The molecule has 1 aromatic heterocycles. The van der Waals surface area contributed by atoms with Crippen molar-refractivity contribution in [1.82, 2.24) is 4.57 Å². The van der Waals surface area contributed by atoms with Crippen molar-refractivity contribution in [2.45, 2.75) is 44.6 Å². The van der Waals surface area contributed by atoms with E-state index in [4.69, 9.17) is 11.6 Å². The van der Waals surface area contributed by atoms with Gasteiger partial charge in [-0.25, -0.2) is 9.18 Å². The van der Waals surface area contributed by atoms with Crippen molar-refractivity contribution in [1.29, 1.82) is 0 Å². The smallest absolute Gasteiger partial charge is 0.341 e. The van der Waals surface area contributed by atoms with E-state index in [1.54, 1.807) is 4.57 Å². The molecule has 5 rings (SSSR count). The van der Waals surface area contributed by atoms with E-state index >= 15 is 4.39 Å². The Morgan fingerprint density at radius 2 is 1.86 bits per heavy atom. The minimum absolute atomic E-state index is 0.0512. The molecule has 1 aliphatic heterocycles. The zero-order chi connectivity index (χ0) is 19.6. The summed E-state index contributed by atoms with van der Waals surface area (Å²) in [7, 11) is 0. The van der Waals surface area contributed by atoms with Crippen molar-refractivity contribution in [3.8, 4) is 0 Å². The number of hydrogen-bond acceptors (Lipinski definition) is 3. The van der Waals surface area contributed by atoms with Gasteiger partial charge in [-0.05, 0) is 50.0 Å². The van der Waals surface area contributed by atoms with E-state index in [1.165, 1.54) is 25.1 Å². The van der Waals surface area contributed by atoms with Gasteiger partial charge in [-0.3, -0.25) is 4.79 Å². The van der Waals surface area contributed by atoms with E-state index in [-0.39, 0.29) is 22.0 Å². The molecule has 1 saturated heterocycles. The maximum atomic E-state index is 15.2. The molecule has 3 aliphatic rings. The molecule has 2 saturated carbocycles. The fourth-order valence-electron chi connectivity index (χ4n) is 5.13. The zero-order valence-electron chi connectivity index (χ0n) is 15.5. The number of nitrogens with zero attached hydrogens (tertiary/aromatic N) is 2. The molecule has 5 nitrogen and oxygen atoms in total. The van der Waals surface area contributed by atoms with Crippen LogP contribution < -0.4 is 10.3 Å². The number of piperidine rings is 1. The maximum Gasteiger partial charge on any atom is 0.341 e. The van der Waals surface area contributed by atoms with Crippen LogP contribution in [0.5, 0.6) is 0 Å². The van der Waals surface area contributed by atoms with Crippen LogP contribution in [0.2, 0.25) is 5.02 Å². The Balaban J connectivity index is 1.72. The van der Waals surface area contributed by atoms with Crippen LogP contribution in [0.3, 0.4) is 0 Å². The Hall–Kier alpha value is -2.08. The molecular weight excluding hydrogens is 383 g/mol. The second kappa shape index (κ2) is 6.48. The number of rotatable bonds is 3. The van der Waals surface area contributed by atoms with Gasteiger partial charge in [-0.15, -0.1) is 0 Å². The zero-order valence-corrected chi connectivity index (χ0v) is 16.2. The summed E-state index contributed by atoms with van der Waals surface area (Å²) in [6.45, 7) is 1.55. The van der Waals surface area contributed by atoms with E-state index in [0.717, 1.165) is 38.8 Å². The summed E-state index contributed by atoms with van der Waals surface area (Å²) in [5, 5.41) is 9.68. The van der Waals surface area contributed by atoms with E-state index in [2.05, 4.69) is 0 Å². The van der Waals surface area contributed by atoms with Crippen molar-refractivity contribution in [3.05, 3.63) is 38.9 Å². The summed E-state index contributed by atoms with van der Waals surface area (Å²) in [6.07, 6.45) is 7.92. The van der Waals surface area contributed by atoms with Crippen LogP contribution in [0.25, 0.3) is 10.9 Å². The molecule has 3 fully saturated rings. The topological polar surface area (TPSA) is 62.5 Å². The third-order valence-corrected chi connectivity index (χ3v) is 6.88. The standard InChI is InChI=1S/C21H22ClFN2O3/c22-17-18-14(20(26)15(21(27)28)10-25(18)13-4-5-13)7-16(23)19(17)24-8-11-2-1-3-12(6-11)9-24/h7,10-13H,1-6,8-9H2,(H,27,28)/t11-,12-/m0/s1. The summed E-state index contributed by atoms with van der Waals surface area (Å²) in [6, 6.07) is 1.30. The van der Waals surface area contributed by atoms with Crippen molar-refractivity contribution < 1.29 is 14.3 Å². The van der Waals surface area contributed by atoms with Gasteiger partial charge in [0.15, 0.2) is 0 Å². The van der Waals surface area contributed by atoms with Crippen LogP contribution in [0.1, 0.15) is 54.9 Å².